The minimum Gasteiger partial charge on any atom is -0.371 e. The van der Waals surface area contributed by atoms with E-state index in [1.54, 1.807) is 7.05 Å². The molecule has 1 amide bonds. The first-order chi connectivity index (χ1) is 9.76. The van der Waals surface area contributed by atoms with E-state index in [-0.39, 0.29) is 11.8 Å². The van der Waals surface area contributed by atoms with Crippen molar-refractivity contribution in [1.82, 2.24) is 10.6 Å². The van der Waals surface area contributed by atoms with Crippen LogP contribution in [0.4, 0.5) is 5.69 Å². The lowest BCUT2D eigenvalue weighted by Gasteiger charge is -2.34. The fourth-order valence-corrected chi connectivity index (χ4v) is 2.82. The average molecular weight is 275 g/mol. The van der Waals surface area contributed by atoms with Crippen LogP contribution in [0.5, 0.6) is 0 Å². The SMILES string of the molecule is CCNCc1ccccc1N1CCC(C(=O)NC)CC1. The zero-order valence-corrected chi connectivity index (χ0v) is 12.5. The molecule has 0 bridgehead atoms. The average Bonchev–Trinajstić information content (AvgIpc) is 2.52. The molecule has 0 spiro atoms. The third-order valence-electron chi connectivity index (χ3n) is 4.01. The van der Waals surface area contributed by atoms with E-state index in [1.165, 1.54) is 11.3 Å². The van der Waals surface area contributed by atoms with E-state index in [0.717, 1.165) is 39.0 Å². The fraction of sp³-hybridized carbons (Fsp3) is 0.562. The molecule has 0 aromatic heterocycles. The largest absolute Gasteiger partial charge is 0.371 e. The van der Waals surface area contributed by atoms with E-state index in [4.69, 9.17) is 0 Å². The van der Waals surface area contributed by atoms with Crippen LogP contribution >= 0.6 is 0 Å². The molecule has 1 aromatic rings. The van der Waals surface area contributed by atoms with Crippen LogP contribution in [0.15, 0.2) is 24.3 Å². The molecular weight excluding hydrogens is 250 g/mol. The van der Waals surface area contributed by atoms with E-state index < -0.39 is 0 Å². The van der Waals surface area contributed by atoms with Crippen LogP contribution in [0.1, 0.15) is 25.3 Å². The summed E-state index contributed by atoms with van der Waals surface area (Å²) >= 11 is 0. The maximum atomic E-state index is 11.7. The van der Waals surface area contributed by atoms with Crippen LogP contribution in [-0.4, -0.2) is 32.6 Å². The number of amides is 1. The minimum absolute atomic E-state index is 0.178. The first-order valence-corrected chi connectivity index (χ1v) is 7.51. The number of benzene rings is 1. The van der Waals surface area contributed by atoms with E-state index in [1.807, 2.05) is 0 Å². The van der Waals surface area contributed by atoms with Gasteiger partial charge in [0.15, 0.2) is 0 Å². The second kappa shape index (κ2) is 7.29. The van der Waals surface area contributed by atoms with Crippen molar-refractivity contribution in [2.24, 2.45) is 5.92 Å². The number of nitrogens with zero attached hydrogens (tertiary/aromatic N) is 1. The number of anilines is 1. The van der Waals surface area contributed by atoms with Gasteiger partial charge in [0.1, 0.15) is 0 Å². The van der Waals surface area contributed by atoms with Gasteiger partial charge in [0.25, 0.3) is 0 Å². The maximum Gasteiger partial charge on any atom is 0.222 e. The Kier molecular flexibility index (Phi) is 5.41. The quantitative estimate of drug-likeness (QED) is 0.860. The van der Waals surface area contributed by atoms with Gasteiger partial charge in [-0.1, -0.05) is 25.1 Å². The number of carbonyl (C=O) groups excluding carboxylic acids is 1. The highest BCUT2D eigenvalue weighted by Crippen LogP contribution is 2.26. The van der Waals surface area contributed by atoms with Crippen molar-refractivity contribution in [3.63, 3.8) is 0 Å². The highest BCUT2D eigenvalue weighted by Gasteiger charge is 2.24. The number of rotatable bonds is 5. The van der Waals surface area contributed by atoms with Crippen molar-refractivity contribution in [2.75, 3.05) is 31.6 Å². The van der Waals surface area contributed by atoms with Crippen LogP contribution < -0.4 is 15.5 Å². The third-order valence-corrected chi connectivity index (χ3v) is 4.01. The zero-order valence-electron chi connectivity index (χ0n) is 12.5. The molecular formula is C16H25N3O. The molecule has 0 saturated carbocycles. The van der Waals surface area contributed by atoms with Crippen LogP contribution in [0.25, 0.3) is 0 Å². The summed E-state index contributed by atoms with van der Waals surface area (Å²) in [5, 5.41) is 6.15. The van der Waals surface area contributed by atoms with Crippen LogP contribution in [0, 0.1) is 5.92 Å². The van der Waals surface area contributed by atoms with Crippen molar-refractivity contribution in [3.8, 4) is 0 Å². The van der Waals surface area contributed by atoms with Gasteiger partial charge in [-0.25, -0.2) is 0 Å². The van der Waals surface area contributed by atoms with Crippen molar-refractivity contribution in [3.05, 3.63) is 29.8 Å². The summed E-state index contributed by atoms with van der Waals surface area (Å²) in [7, 11) is 1.72. The van der Waals surface area contributed by atoms with Gasteiger partial charge >= 0.3 is 0 Å². The lowest BCUT2D eigenvalue weighted by atomic mass is 9.95. The summed E-state index contributed by atoms with van der Waals surface area (Å²) in [5.74, 6) is 0.364. The number of hydrogen-bond acceptors (Lipinski definition) is 3. The molecule has 1 heterocycles. The Morgan fingerprint density at radius 2 is 2.00 bits per heavy atom. The summed E-state index contributed by atoms with van der Waals surface area (Å²) in [4.78, 5) is 14.1. The van der Waals surface area contributed by atoms with Crippen molar-refractivity contribution < 1.29 is 4.79 Å². The summed E-state index contributed by atoms with van der Waals surface area (Å²) in [5.41, 5.74) is 2.65. The Hall–Kier alpha value is -1.55. The summed E-state index contributed by atoms with van der Waals surface area (Å²) in [6.07, 6.45) is 1.88. The normalized spacial score (nSPS) is 16.2. The second-order valence-corrected chi connectivity index (χ2v) is 5.28. The van der Waals surface area contributed by atoms with Crippen molar-refractivity contribution >= 4 is 11.6 Å². The second-order valence-electron chi connectivity index (χ2n) is 5.28. The number of piperidine rings is 1. The Balaban J connectivity index is 2.01. The van der Waals surface area contributed by atoms with Crippen LogP contribution in [0.2, 0.25) is 0 Å². The molecule has 2 N–H and O–H groups in total. The van der Waals surface area contributed by atoms with Gasteiger partial charge in [-0.05, 0) is 31.0 Å². The molecule has 1 aromatic carbocycles. The summed E-state index contributed by atoms with van der Waals surface area (Å²) in [6, 6.07) is 8.55. The Bertz CT molecular complexity index is 439. The van der Waals surface area contributed by atoms with Gasteiger partial charge in [0, 0.05) is 38.3 Å². The minimum atomic E-state index is 0.178. The zero-order chi connectivity index (χ0) is 14.4. The monoisotopic (exact) mass is 275 g/mol. The van der Waals surface area contributed by atoms with E-state index in [0.29, 0.717) is 0 Å². The Morgan fingerprint density at radius 3 is 2.65 bits per heavy atom. The predicted molar refractivity (Wildman–Crippen MR) is 82.8 cm³/mol. The Morgan fingerprint density at radius 1 is 1.30 bits per heavy atom. The molecule has 1 aliphatic rings. The van der Waals surface area contributed by atoms with E-state index in [9.17, 15) is 4.79 Å². The lowest BCUT2D eigenvalue weighted by Crippen LogP contribution is -2.40. The molecule has 0 aliphatic carbocycles. The number of nitrogens with one attached hydrogen (secondary N) is 2. The molecule has 0 atom stereocenters. The highest BCUT2D eigenvalue weighted by atomic mass is 16.1. The van der Waals surface area contributed by atoms with Gasteiger partial charge in [-0.3, -0.25) is 4.79 Å². The molecule has 110 valence electrons. The smallest absolute Gasteiger partial charge is 0.222 e. The molecule has 20 heavy (non-hydrogen) atoms. The van der Waals surface area contributed by atoms with Crippen LogP contribution in [-0.2, 0) is 11.3 Å². The number of carbonyl (C=O) groups is 1. The molecule has 4 nitrogen and oxygen atoms in total. The molecule has 1 fully saturated rings. The van der Waals surface area contributed by atoms with E-state index in [2.05, 4.69) is 46.7 Å². The van der Waals surface area contributed by atoms with Gasteiger partial charge in [0.2, 0.25) is 5.91 Å². The standard InChI is InChI=1S/C16H25N3O/c1-3-18-12-14-6-4-5-7-15(14)19-10-8-13(9-11-19)16(20)17-2/h4-7,13,18H,3,8-12H2,1-2H3,(H,17,20). The number of para-hydroxylation sites is 1. The lowest BCUT2D eigenvalue weighted by molar-refractivity contribution is -0.125. The molecule has 2 rings (SSSR count). The summed E-state index contributed by atoms with van der Waals surface area (Å²) < 4.78 is 0. The number of hydrogen-bond donors (Lipinski definition) is 2. The first kappa shape index (κ1) is 14.9. The fourth-order valence-electron chi connectivity index (χ4n) is 2.82. The van der Waals surface area contributed by atoms with Crippen molar-refractivity contribution in [2.45, 2.75) is 26.3 Å². The third kappa shape index (κ3) is 3.51. The Labute approximate surface area is 121 Å². The molecule has 1 aliphatic heterocycles. The van der Waals surface area contributed by atoms with E-state index >= 15 is 0 Å². The maximum absolute atomic E-state index is 11.7. The van der Waals surface area contributed by atoms with Crippen LogP contribution in [0.3, 0.4) is 0 Å². The topological polar surface area (TPSA) is 44.4 Å². The van der Waals surface area contributed by atoms with Gasteiger partial charge in [-0.2, -0.15) is 0 Å². The molecule has 4 heteroatoms. The first-order valence-electron chi connectivity index (χ1n) is 7.51. The highest BCUT2D eigenvalue weighted by molar-refractivity contribution is 5.78. The predicted octanol–water partition coefficient (Wildman–Crippen LogP) is 1.76. The molecule has 0 unspecified atom stereocenters. The summed E-state index contributed by atoms with van der Waals surface area (Å²) in [6.45, 7) is 5.93. The van der Waals surface area contributed by atoms with Crippen molar-refractivity contribution in [1.29, 1.82) is 0 Å². The molecule has 0 radical (unpaired) electrons. The van der Waals surface area contributed by atoms with Gasteiger partial charge < -0.3 is 15.5 Å². The van der Waals surface area contributed by atoms with Gasteiger partial charge in [-0.15, -0.1) is 0 Å². The molecule has 1 saturated heterocycles. The van der Waals surface area contributed by atoms with Gasteiger partial charge in [0.05, 0.1) is 0 Å².